The highest BCUT2D eigenvalue weighted by Crippen LogP contribution is 2.38. The van der Waals surface area contributed by atoms with Crippen LogP contribution in [0.2, 0.25) is 5.02 Å². The van der Waals surface area contributed by atoms with Gasteiger partial charge in [0.05, 0.1) is 23.1 Å². The van der Waals surface area contributed by atoms with Gasteiger partial charge in [0.25, 0.3) is 0 Å². The van der Waals surface area contributed by atoms with E-state index in [1.54, 1.807) is 13.3 Å². The van der Waals surface area contributed by atoms with Crippen molar-refractivity contribution in [3.63, 3.8) is 0 Å². The van der Waals surface area contributed by atoms with Crippen molar-refractivity contribution in [2.24, 2.45) is 5.41 Å². The number of pyridine rings is 1. The lowest BCUT2D eigenvalue weighted by molar-refractivity contribution is -0.143. The molecule has 0 spiro atoms. The molecule has 1 aliphatic rings. The molecule has 11 heteroatoms. The number of nitrogens with one attached hydrogen (secondary N) is 2. The summed E-state index contributed by atoms with van der Waals surface area (Å²) in [6, 6.07) is 6.87. The van der Waals surface area contributed by atoms with Crippen molar-refractivity contribution in [2.75, 3.05) is 38.6 Å². The Labute approximate surface area is 223 Å². The van der Waals surface area contributed by atoms with E-state index in [9.17, 15) is 23.2 Å². The Bertz CT molecular complexity index is 1280. The number of piperidine rings is 1. The highest BCUT2D eigenvalue weighted by atomic mass is 35.5. The normalized spacial score (nSPS) is 15.4. The van der Waals surface area contributed by atoms with Crippen LogP contribution in [0.5, 0.6) is 5.75 Å². The van der Waals surface area contributed by atoms with Crippen LogP contribution in [-0.2, 0) is 11.2 Å². The number of rotatable bonds is 10. The molecule has 0 radical (unpaired) electrons. The van der Waals surface area contributed by atoms with Gasteiger partial charge in [-0.15, -0.1) is 0 Å². The molecule has 1 saturated heterocycles. The third kappa shape index (κ3) is 6.14. The molecule has 1 aliphatic heterocycles. The second-order valence-corrected chi connectivity index (χ2v) is 9.96. The molecule has 38 heavy (non-hydrogen) atoms. The number of nitrogens with zero attached hydrogens (tertiary/aromatic N) is 2. The van der Waals surface area contributed by atoms with E-state index in [4.69, 9.17) is 16.3 Å². The molecule has 3 aromatic rings. The van der Waals surface area contributed by atoms with Crippen LogP contribution < -0.4 is 15.5 Å². The largest absolute Gasteiger partial charge is 0.497 e. The van der Waals surface area contributed by atoms with Gasteiger partial charge < -0.3 is 15.0 Å². The Hall–Kier alpha value is -3.08. The molecule has 7 nitrogen and oxygen atoms in total. The number of anilines is 1. The van der Waals surface area contributed by atoms with Crippen molar-refractivity contribution in [3.8, 4) is 5.75 Å². The molecule has 0 atom stereocenters. The van der Waals surface area contributed by atoms with E-state index < -0.39 is 28.8 Å². The lowest BCUT2D eigenvalue weighted by atomic mass is 9.73. The maximum Gasteiger partial charge on any atom is 0.249 e. The number of benzene rings is 2. The Morgan fingerprint density at radius 1 is 1.18 bits per heavy atom. The third-order valence-corrected chi connectivity index (χ3v) is 7.68. The third-order valence-electron chi connectivity index (χ3n) is 7.35. The first-order valence-corrected chi connectivity index (χ1v) is 12.8. The number of likely N-dealkylation sites (tertiary alicyclic amines) is 1. The molecule has 1 aromatic heterocycles. The van der Waals surface area contributed by atoms with Crippen LogP contribution in [0.4, 0.5) is 18.9 Å². The molecule has 2 heterocycles. The average Bonchev–Trinajstić information content (AvgIpc) is 2.91. The molecule has 4 rings (SSSR count). The first-order chi connectivity index (χ1) is 18.3. The number of amides is 1. The smallest absolute Gasteiger partial charge is 0.249 e. The van der Waals surface area contributed by atoms with Crippen LogP contribution in [0.1, 0.15) is 31.2 Å². The SMILES string of the molecule is COc1ccc2ncc(Cl)c(CCCC3(C(=O)NO)CCN(CCNc4c(F)cc(F)cc4F)CC3)c2c1. The maximum absolute atomic E-state index is 13.9. The summed E-state index contributed by atoms with van der Waals surface area (Å²) in [5.41, 5.74) is 2.46. The molecule has 0 unspecified atom stereocenters. The van der Waals surface area contributed by atoms with Gasteiger partial charge in [0.2, 0.25) is 5.91 Å². The Balaban J connectivity index is 1.36. The second-order valence-electron chi connectivity index (χ2n) is 9.56. The highest BCUT2D eigenvalue weighted by molar-refractivity contribution is 6.32. The monoisotopic (exact) mass is 550 g/mol. The van der Waals surface area contributed by atoms with Crippen molar-refractivity contribution in [1.29, 1.82) is 0 Å². The number of hydrogen-bond acceptors (Lipinski definition) is 6. The van der Waals surface area contributed by atoms with Gasteiger partial charge in [-0.2, -0.15) is 0 Å². The number of aryl methyl sites for hydroxylation is 1. The maximum atomic E-state index is 13.9. The number of fused-ring (bicyclic) bond motifs is 1. The van der Waals surface area contributed by atoms with E-state index in [1.165, 1.54) is 0 Å². The zero-order valence-electron chi connectivity index (χ0n) is 21.0. The van der Waals surface area contributed by atoms with Crippen molar-refractivity contribution in [1.82, 2.24) is 15.4 Å². The number of carbonyl (C=O) groups is 1. The van der Waals surface area contributed by atoms with Crippen molar-refractivity contribution < 1.29 is 27.9 Å². The molecule has 1 fully saturated rings. The van der Waals surface area contributed by atoms with Crippen LogP contribution in [0.25, 0.3) is 10.9 Å². The van der Waals surface area contributed by atoms with Gasteiger partial charge in [-0.3, -0.25) is 15.0 Å². The average molecular weight is 551 g/mol. The van der Waals surface area contributed by atoms with Gasteiger partial charge in [-0.05, 0) is 69.0 Å². The van der Waals surface area contributed by atoms with E-state index in [2.05, 4.69) is 15.2 Å². The zero-order valence-corrected chi connectivity index (χ0v) is 21.8. The summed E-state index contributed by atoms with van der Waals surface area (Å²) in [4.78, 5) is 19.2. The van der Waals surface area contributed by atoms with Crippen LogP contribution >= 0.6 is 11.6 Å². The molecule has 204 valence electrons. The Kier molecular flexibility index (Phi) is 8.96. The fourth-order valence-electron chi connectivity index (χ4n) is 5.15. The molecule has 3 N–H and O–H groups in total. The van der Waals surface area contributed by atoms with Gasteiger partial charge in [0, 0.05) is 36.8 Å². The number of aromatic nitrogens is 1. The molecular formula is C27H30ClF3N4O3. The second kappa shape index (κ2) is 12.2. The van der Waals surface area contributed by atoms with Crippen molar-refractivity contribution in [3.05, 3.63) is 64.6 Å². The topological polar surface area (TPSA) is 86.7 Å². The summed E-state index contributed by atoms with van der Waals surface area (Å²) >= 11 is 6.48. The summed E-state index contributed by atoms with van der Waals surface area (Å²) in [5, 5.41) is 13.6. The van der Waals surface area contributed by atoms with Crippen LogP contribution in [0.15, 0.2) is 36.5 Å². The molecule has 0 aliphatic carbocycles. The molecule has 0 bridgehead atoms. The predicted molar refractivity (Wildman–Crippen MR) is 139 cm³/mol. The van der Waals surface area contributed by atoms with Crippen LogP contribution in [-0.4, -0.2) is 54.3 Å². The summed E-state index contributed by atoms with van der Waals surface area (Å²) in [6.07, 6.45) is 4.47. The minimum Gasteiger partial charge on any atom is -0.497 e. The molecular weight excluding hydrogens is 521 g/mol. The van der Waals surface area contributed by atoms with Gasteiger partial charge in [0.1, 0.15) is 17.3 Å². The summed E-state index contributed by atoms with van der Waals surface area (Å²) in [6.45, 7) is 1.86. The van der Waals surface area contributed by atoms with Crippen LogP contribution in [0.3, 0.4) is 0 Å². The van der Waals surface area contributed by atoms with Crippen molar-refractivity contribution >= 4 is 34.1 Å². The van der Waals surface area contributed by atoms with Gasteiger partial charge in [-0.25, -0.2) is 18.7 Å². The minimum absolute atomic E-state index is 0.246. The Morgan fingerprint density at radius 3 is 2.55 bits per heavy atom. The molecule has 1 amide bonds. The van der Waals surface area contributed by atoms with Crippen molar-refractivity contribution in [2.45, 2.75) is 32.1 Å². The van der Waals surface area contributed by atoms with Gasteiger partial charge >= 0.3 is 0 Å². The highest BCUT2D eigenvalue weighted by Gasteiger charge is 2.40. The van der Waals surface area contributed by atoms with E-state index >= 15 is 0 Å². The van der Waals surface area contributed by atoms with Gasteiger partial charge in [-0.1, -0.05) is 11.6 Å². The van der Waals surface area contributed by atoms with E-state index in [0.717, 1.165) is 16.5 Å². The first-order valence-electron chi connectivity index (χ1n) is 12.4. The molecule has 0 saturated carbocycles. The van der Waals surface area contributed by atoms with Crippen LogP contribution in [0, 0.1) is 22.9 Å². The minimum atomic E-state index is -0.986. The quantitative estimate of drug-likeness (QED) is 0.233. The lowest BCUT2D eigenvalue weighted by Gasteiger charge is -2.40. The number of methoxy groups -OCH3 is 1. The number of carbonyl (C=O) groups excluding carboxylic acids is 1. The lowest BCUT2D eigenvalue weighted by Crippen LogP contribution is -2.49. The summed E-state index contributed by atoms with van der Waals surface area (Å²) in [5.74, 6) is -2.66. The number of hydroxylamine groups is 1. The fraction of sp³-hybridized carbons (Fsp3) is 0.407. The number of halogens is 4. The number of ether oxygens (including phenoxy) is 1. The summed E-state index contributed by atoms with van der Waals surface area (Å²) in [7, 11) is 1.60. The fourth-order valence-corrected chi connectivity index (χ4v) is 5.40. The first kappa shape index (κ1) is 27.9. The molecule has 2 aromatic carbocycles. The number of hydrogen-bond donors (Lipinski definition) is 3. The van der Waals surface area contributed by atoms with E-state index in [1.807, 2.05) is 23.7 Å². The zero-order chi connectivity index (χ0) is 27.3. The Morgan fingerprint density at radius 2 is 1.89 bits per heavy atom. The van der Waals surface area contributed by atoms with Gasteiger partial charge in [0.15, 0.2) is 11.6 Å². The predicted octanol–water partition coefficient (Wildman–Crippen LogP) is 5.34. The standard InChI is InChI=1S/C27H30ClF3N4O3/c1-38-18-4-5-24-20(15-18)19(21(28)16-33-24)3-2-6-27(26(36)34-37)7-10-35(11-8-27)12-9-32-25-22(30)13-17(29)14-23(25)31/h4-5,13-16,32,37H,2-3,6-12H2,1H3,(H,34,36). The van der Waals surface area contributed by atoms with E-state index in [-0.39, 0.29) is 12.2 Å². The summed E-state index contributed by atoms with van der Waals surface area (Å²) < 4.78 is 46.2. The van der Waals surface area contributed by atoms with E-state index in [0.29, 0.717) is 74.6 Å².